The fraction of sp³-hybridized carbons (Fsp3) is 0.880. The van der Waals surface area contributed by atoms with E-state index < -0.39 is 0 Å². The lowest BCUT2D eigenvalue weighted by molar-refractivity contribution is 0.303. The van der Waals surface area contributed by atoms with Gasteiger partial charge in [-0.1, -0.05) is 78.7 Å². The van der Waals surface area contributed by atoms with E-state index in [1.54, 1.807) is 0 Å². The molecular formula is C25H45+. The molecule has 2 rings (SSSR count). The van der Waals surface area contributed by atoms with Crippen molar-refractivity contribution in [3.05, 3.63) is 18.6 Å². The van der Waals surface area contributed by atoms with Crippen molar-refractivity contribution in [3.63, 3.8) is 0 Å². The molecule has 7 atom stereocenters. The third-order valence-corrected chi connectivity index (χ3v) is 7.28. The lowest BCUT2D eigenvalue weighted by atomic mass is 9.79. The van der Waals surface area contributed by atoms with Crippen molar-refractivity contribution in [2.24, 2.45) is 41.4 Å². The molecule has 144 valence electrons. The van der Waals surface area contributed by atoms with Crippen molar-refractivity contribution in [2.75, 3.05) is 0 Å². The Morgan fingerprint density at radius 1 is 1.00 bits per heavy atom. The predicted molar refractivity (Wildman–Crippen MR) is 112 cm³/mol. The van der Waals surface area contributed by atoms with Gasteiger partial charge in [-0.05, 0) is 55.9 Å². The van der Waals surface area contributed by atoms with Gasteiger partial charge in [-0.2, -0.15) is 0 Å². The molecule has 0 aromatic carbocycles. The molecule has 0 saturated heterocycles. The van der Waals surface area contributed by atoms with Crippen molar-refractivity contribution < 1.29 is 0 Å². The van der Waals surface area contributed by atoms with Gasteiger partial charge in [0.1, 0.15) is 11.8 Å². The molecule has 0 aromatic rings. The molecule has 0 heterocycles. The van der Waals surface area contributed by atoms with E-state index in [1.807, 2.05) is 0 Å². The van der Waals surface area contributed by atoms with E-state index in [4.69, 9.17) is 0 Å². The minimum absolute atomic E-state index is 0.652. The zero-order chi connectivity index (χ0) is 18.2. The lowest BCUT2D eigenvalue weighted by Gasteiger charge is -2.21. The van der Waals surface area contributed by atoms with Crippen LogP contribution in [0.2, 0.25) is 0 Å². The monoisotopic (exact) mass is 345 g/mol. The Hall–Kier alpha value is -0.390. The van der Waals surface area contributed by atoms with E-state index in [-0.39, 0.29) is 0 Å². The normalized spacial score (nSPS) is 41.2. The molecule has 1 saturated carbocycles. The second kappa shape index (κ2) is 10.7. The number of hydrogen-bond acceptors (Lipinski definition) is 0. The minimum atomic E-state index is 0.652. The van der Waals surface area contributed by atoms with Gasteiger partial charge in [-0.3, -0.25) is 0 Å². The Morgan fingerprint density at radius 3 is 2.48 bits per heavy atom. The Bertz CT molecular complexity index is 381. The second-order valence-electron chi connectivity index (χ2n) is 9.38. The predicted octanol–water partition coefficient (Wildman–Crippen LogP) is 8.09. The van der Waals surface area contributed by atoms with Crippen molar-refractivity contribution in [3.8, 4) is 0 Å². The summed E-state index contributed by atoms with van der Waals surface area (Å²) >= 11 is 0. The van der Waals surface area contributed by atoms with Gasteiger partial charge in [0.05, 0.1) is 6.42 Å². The highest BCUT2D eigenvalue weighted by molar-refractivity contribution is 5.07. The van der Waals surface area contributed by atoms with Crippen LogP contribution in [0.1, 0.15) is 98.8 Å². The van der Waals surface area contributed by atoms with Crippen LogP contribution in [0.4, 0.5) is 0 Å². The Balaban J connectivity index is 2.06. The molecule has 0 nitrogen and oxygen atoms in total. The average molecular weight is 346 g/mol. The number of unbranched alkanes of at least 4 members (excludes halogenated alkanes) is 1. The van der Waals surface area contributed by atoms with E-state index in [1.165, 1.54) is 64.2 Å². The summed E-state index contributed by atoms with van der Waals surface area (Å²) in [7, 11) is 0. The molecule has 0 bridgehead atoms. The first-order chi connectivity index (χ1) is 12.1. The largest absolute Gasteiger partial charge is 0.113 e. The van der Waals surface area contributed by atoms with Crippen LogP contribution < -0.4 is 0 Å². The maximum absolute atomic E-state index is 2.75. The third-order valence-electron chi connectivity index (χ3n) is 7.28. The molecule has 2 aliphatic carbocycles. The van der Waals surface area contributed by atoms with Crippen LogP contribution in [-0.2, 0) is 0 Å². The highest BCUT2D eigenvalue weighted by Gasteiger charge is 2.55. The molecule has 2 aliphatic rings. The zero-order valence-corrected chi connectivity index (χ0v) is 17.8. The second-order valence-corrected chi connectivity index (χ2v) is 9.38. The van der Waals surface area contributed by atoms with Crippen LogP contribution in [0.25, 0.3) is 0 Å². The van der Waals surface area contributed by atoms with Crippen molar-refractivity contribution >= 4 is 0 Å². The highest BCUT2D eigenvalue weighted by atomic mass is 14.6. The summed E-state index contributed by atoms with van der Waals surface area (Å²) in [6, 6.07) is 0. The molecule has 0 heteroatoms. The van der Waals surface area contributed by atoms with E-state index in [2.05, 4.69) is 53.2 Å². The molecule has 0 aliphatic heterocycles. The number of rotatable bonds is 6. The van der Waals surface area contributed by atoms with E-state index in [0.29, 0.717) is 5.92 Å². The molecular weight excluding hydrogens is 300 g/mol. The Morgan fingerprint density at radius 2 is 1.80 bits per heavy atom. The summed E-state index contributed by atoms with van der Waals surface area (Å²) in [4.78, 5) is 0. The first kappa shape index (κ1) is 20.9. The average Bonchev–Trinajstić information content (AvgIpc) is 3.30. The molecule has 1 fully saturated rings. The quantitative estimate of drug-likeness (QED) is 0.337. The van der Waals surface area contributed by atoms with Gasteiger partial charge in [0.2, 0.25) is 0 Å². The van der Waals surface area contributed by atoms with E-state index >= 15 is 0 Å². The molecule has 25 heavy (non-hydrogen) atoms. The van der Waals surface area contributed by atoms with Gasteiger partial charge in [0.25, 0.3) is 0 Å². The molecule has 0 N–H and O–H groups in total. The van der Waals surface area contributed by atoms with Crippen LogP contribution >= 0.6 is 0 Å². The summed E-state index contributed by atoms with van der Waals surface area (Å²) < 4.78 is 0. The summed E-state index contributed by atoms with van der Waals surface area (Å²) in [6.07, 6.45) is 21.9. The topological polar surface area (TPSA) is 0 Å². The molecule has 7 unspecified atom stereocenters. The molecule has 0 spiro atoms. The minimum Gasteiger partial charge on any atom is -0.0838 e. The Kier molecular flexibility index (Phi) is 8.94. The van der Waals surface area contributed by atoms with Gasteiger partial charge in [-0.15, -0.1) is 0 Å². The molecule has 0 amide bonds. The van der Waals surface area contributed by atoms with E-state index in [0.717, 1.165) is 35.5 Å². The van der Waals surface area contributed by atoms with Gasteiger partial charge < -0.3 is 0 Å². The van der Waals surface area contributed by atoms with Crippen LogP contribution in [0.5, 0.6) is 0 Å². The SMILES string of the molecule is CCCCC1C(CC)C1C1[CH+]C(C)/C=C\CC(C)CCCC(CC)C1. The molecule has 0 aromatic heterocycles. The smallest absolute Gasteiger partial charge is 0.0838 e. The van der Waals surface area contributed by atoms with Crippen molar-refractivity contribution in [2.45, 2.75) is 98.8 Å². The van der Waals surface area contributed by atoms with E-state index in [9.17, 15) is 0 Å². The summed E-state index contributed by atoms with van der Waals surface area (Å²) in [6.45, 7) is 12.1. The fourth-order valence-corrected chi connectivity index (χ4v) is 5.62. The summed E-state index contributed by atoms with van der Waals surface area (Å²) in [5, 5.41) is 0. The maximum Gasteiger partial charge on any atom is 0.113 e. The first-order valence-corrected chi connectivity index (χ1v) is 11.6. The van der Waals surface area contributed by atoms with Crippen LogP contribution in [0.3, 0.4) is 0 Å². The van der Waals surface area contributed by atoms with Crippen LogP contribution in [0.15, 0.2) is 12.2 Å². The number of allylic oxidation sites excluding steroid dienone is 2. The first-order valence-electron chi connectivity index (χ1n) is 11.6. The fourth-order valence-electron chi connectivity index (χ4n) is 5.62. The molecule has 0 radical (unpaired) electrons. The lowest BCUT2D eigenvalue weighted by Crippen LogP contribution is -2.16. The zero-order valence-electron chi connectivity index (χ0n) is 17.8. The van der Waals surface area contributed by atoms with Crippen molar-refractivity contribution in [1.29, 1.82) is 0 Å². The maximum atomic E-state index is 2.75. The Labute approximate surface area is 159 Å². The summed E-state index contributed by atoms with van der Waals surface area (Å²) in [5.41, 5.74) is 0. The van der Waals surface area contributed by atoms with Gasteiger partial charge in [0.15, 0.2) is 0 Å². The highest BCUT2D eigenvalue weighted by Crippen LogP contribution is 2.58. The van der Waals surface area contributed by atoms with Gasteiger partial charge in [-0.25, -0.2) is 0 Å². The standard InChI is InChI=1S/C25H45/c1-6-9-16-24-23(8-3)25(24)22-17-20(5)14-10-12-19(4)13-11-15-21(7-2)18-22/h10,14,17,19-25H,6-9,11-13,15-16,18H2,1-5H3/q+1/b14-10-. The van der Waals surface area contributed by atoms with Crippen molar-refractivity contribution in [1.82, 2.24) is 0 Å². The van der Waals surface area contributed by atoms with Gasteiger partial charge in [0, 0.05) is 5.92 Å². The van der Waals surface area contributed by atoms with Gasteiger partial charge >= 0.3 is 0 Å². The van der Waals surface area contributed by atoms with Crippen LogP contribution in [-0.4, -0.2) is 0 Å². The third kappa shape index (κ3) is 6.37. The number of hydrogen-bond donors (Lipinski definition) is 0. The summed E-state index contributed by atoms with van der Waals surface area (Å²) in [5.74, 6) is 6.40. The van der Waals surface area contributed by atoms with Crippen LogP contribution in [0, 0.1) is 47.8 Å².